The highest BCUT2D eigenvalue weighted by molar-refractivity contribution is 5.89. The minimum atomic E-state index is -0.223. The van der Waals surface area contributed by atoms with Gasteiger partial charge in [-0.2, -0.15) is 0 Å². The zero-order valence-electron chi connectivity index (χ0n) is 12.0. The minimum Gasteiger partial charge on any atom is -0.370 e. The molecule has 1 amide bonds. The van der Waals surface area contributed by atoms with E-state index in [0.29, 0.717) is 11.4 Å². The third-order valence-electron chi connectivity index (χ3n) is 3.00. The van der Waals surface area contributed by atoms with Crippen molar-refractivity contribution in [2.24, 2.45) is 0 Å². The van der Waals surface area contributed by atoms with Crippen LogP contribution < -0.4 is 9.90 Å². The van der Waals surface area contributed by atoms with Crippen LogP contribution in [0.1, 0.15) is 6.92 Å². The maximum absolute atomic E-state index is 11.8. The summed E-state index contributed by atoms with van der Waals surface area (Å²) in [4.78, 5) is 25.4. The van der Waals surface area contributed by atoms with Crippen molar-refractivity contribution in [2.45, 2.75) is 6.92 Å². The molecule has 0 fully saturated rings. The summed E-state index contributed by atoms with van der Waals surface area (Å²) in [6, 6.07) is 10.9. The van der Waals surface area contributed by atoms with Crippen LogP contribution in [0.25, 0.3) is 5.69 Å². The van der Waals surface area contributed by atoms with Crippen molar-refractivity contribution >= 4 is 11.6 Å². The summed E-state index contributed by atoms with van der Waals surface area (Å²) in [5.74, 6) is 0.274. The molecule has 2 aromatic heterocycles. The Morgan fingerprint density at radius 2 is 1.95 bits per heavy atom. The number of nitrogens with zero attached hydrogens (tertiary/aromatic N) is 4. The molecule has 6 nitrogen and oxygen atoms in total. The first-order chi connectivity index (χ1) is 10.7. The van der Waals surface area contributed by atoms with Crippen molar-refractivity contribution in [1.29, 1.82) is 0 Å². The van der Waals surface area contributed by atoms with Gasteiger partial charge in [0.15, 0.2) is 5.75 Å². The summed E-state index contributed by atoms with van der Waals surface area (Å²) in [7, 11) is 0. The van der Waals surface area contributed by atoms with Gasteiger partial charge >= 0.3 is 0 Å². The maximum Gasteiger partial charge on any atom is 0.256 e. The fourth-order valence-electron chi connectivity index (χ4n) is 1.98. The monoisotopic (exact) mass is 294 g/mol. The standard InChI is InChI=1S/C16H14N4O2/c1-13(21)20(22-16-3-2-8-17-11-16)15-6-4-14(5-7-15)19-10-9-18-12-19/h2-12H,1H3. The van der Waals surface area contributed by atoms with Gasteiger partial charge in [-0.25, -0.2) is 4.98 Å². The third-order valence-corrected chi connectivity index (χ3v) is 3.00. The van der Waals surface area contributed by atoms with E-state index in [9.17, 15) is 4.79 Å². The first kappa shape index (κ1) is 13.8. The molecular weight excluding hydrogens is 280 g/mol. The van der Waals surface area contributed by atoms with Gasteiger partial charge in [0, 0.05) is 31.2 Å². The van der Waals surface area contributed by atoms with E-state index in [2.05, 4.69) is 9.97 Å². The molecule has 2 heterocycles. The molecule has 0 bridgehead atoms. The number of hydroxylamine groups is 1. The number of aromatic nitrogens is 3. The lowest BCUT2D eigenvalue weighted by Gasteiger charge is -2.21. The van der Waals surface area contributed by atoms with Crippen LogP contribution >= 0.6 is 0 Å². The van der Waals surface area contributed by atoms with Gasteiger partial charge in [-0.3, -0.25) is 9.78 Å². The van der Waals surface area contributed by atoms with Crippen molar-refractivity contribution in [3.63, 3.8) is 0 Å². The second kappa shape index (κ2) is 6.09. The second-order valence-electron chi connectivity index (χ2n) is 4.58. The summed E-state index contributed by atoms with van der Waals surface area (Å²) < 4.78 is 1.88. The number of hydrogen-bond acceptors (Lipinski definition) is 4. The normalized spacial score (nSPS) is 10.2. The Morgan fingerprint density at radius 3 is 2.55 bits per heavy atom. The van der Waals surface area contributed by atoms with Gasteiger partial charge in [-0.15, -0.1) is 5.06 Å². The van der Waals surface area contributed by atoms with Gasteiger partial charge in [-0.05, 0) is 36.4 Å². The minimum absolute atomic E-state index is 0.223. The number of anilines is 1. The Bertz CT molecular complexity index is 740. The number of amides is 1. The molecule has 0 aliphatic rings. The Labute approximate surface area is 127 Å². The fraction of sp³-hybridized carbons (Fsp3) is 0.0625. The molecule has 22 heavy (non-hydrogen) atoms. The van der Waals surface area contributed by atoms with Crippen LogP contribution in [-0.2, 0) is 4.79 Å². The Hall–Kier alpha value is -3.15. The summed E-state index contributed by atoms with van der Waals surface area (Å²) in [6.07, 6.45) is 8.47. The molecular formula is C16H14N4O2. The number of imidazole rings is 1. The van der Waals surface area contributed by atoms with E-state index in [1.54, 1.807) is 37.1 Å². The van der Waals surface area contributed by atoms with Gasteiger partial charge in [0.25, 0.3) is 5.91 Å². The quantitative estimate of drug-likeness (QED) is 0.694. The smallest absolute Gasteiger partial charge is 0.256 e. The van der Waals surface area contributed by atoms with E-state index in [0.717, 1.165) is 5.69 Å². The van der Waals surface area contributed by atoms with E-state index >= 15 is 0 Å². The average molecular weight is 294 g/mol. The number of rotatable bonds is 4. The largest absolute Gasteiger partial charge is 0.370 e. The molecule has 0 saturated heterocycles. The molecule has 3 aromatic rings. The van der Waals surface area contributed by atoms with Crippen molar-refractivity contribution in [1.82, 2.24) is 14.5 Å². The van der Waals surface area contributed by atoms with E-state index in [-0.39, 0.29) is 5.91 Å². The molecule has 0 spiro atoms. The van der Waals surface area contributed by atoms with Crippen LogP contribution in [0.5, 0.6) is 5.75 Å². The van der Waals surface area contributed by atoms with Crippen LogP contribution in [0.3, 0.4) is 0 Å². The number of benzene rings is 1. The van der Waals surface area contributed by atoms with Crippen LogP contribution in [0.15, 0.2) is 67.5 Å². The van der Waals surface area contributed by atoms with Gasteiger partial charge in [0.1, 0.15) is 0 Å². The van der Waals surface area contributed by atoms with E-state index in [1.807, 2.05) is 35.0 Å². The van der Waals surface area contributed by atoms with Gasteiger partial charge in [0.2, 0.25) is 0 Å². The Balaban J connectivity index is 1.84. The van der Waals surface area contributed by atoms with E-state index < -0.39 is 0 Å². The summed E-state index contributed by atoms with van der Waals surface area (Å²) in [6.45, 7) is 1.44. The van der Waals surface area contributed by atoms with Crippen LogP contribution in [0.4, 0.5) is 5.69 Å². The molecule has 0 saturated carbocycles. The maximum atomic E-state index is 11.8. The molecule has 0 atom stereocenters. The lowest BCUT2D eigenvalue weighted by molar-refractivity contribution is -0.120. The molecule has 0 N–H and O–H groups in total. The van der Waals surface area contributed by atoms with Crippen LogP contribution in [0.2, 0.25) is 0 Å². The Kier molecular flexibility index (Phi) is 3.82. The van der Waals surface area contributed by atoms with Crippen molar-refractivity contribution in [3.8, 4) is 11.4 Å². The molecule has 3 rings (SSSR count). The summed E-state index contributed by atoms with van der Waals surface area (Å²) >= 11 is 0. The highest BCUT2D eigenvalue weighted by atomic mass is 16.7. The van der Waals surface area contributed by atoms with Crippen LogP contribution in [-0.4, -0.2) is 20.4 Å². The number of carbonyl (C=O) groups excluding carboxylic acids is 1. The van der Waals surface area contributed by atoms with Gasteiger partial charge < -0.3 is 9.40 Å². The summed E-state index contributed by atoms with van der Waals surface area (Å²) in [5, 5.41) is 1.23. The lowest BCUT2D eigenvalue weighted by atomic mass is 10.2. The molecule has 0 aliphatic carbocycles. The van der Waals surface area contributed by atoms with E-state index in [1.165, 1.54) is 12.0 Å². The van der Waals surface area contributed by atoms with Crippen molar-refractivity contribution in [3.05, 3.63) is 67.5 Å². The van der Waals surface area contributed by atoms with Crippen molar-refractivity contribution < 1.29 is 9.63 Å². The predicted octanol–water partition coefficient (Wildman–Crippen LogP) is 2.61. The fourth-order valence-corrected chi connectivity index (χ4v) is 1.98. The highest BCUT2D eigenvalue weighted by Crippen LogP contribution is 2.20. The third kappa shape index (κ3) is 2.95. The summed E-state index contributed by atoms with van der Waals surface area (Å²) in [5.41, 5.74) is 1.59. The molecule has 110 valence electrons. The number of pyridine rings is 1. The zero-order chi connectivity index (χ0) is 15.4. The van der Waals surface area contributed by atoms with Gasteiger partial charge in [-0.1, -0.05) is 0 Å². The van der Waals surface area contributed by atoms with Gasteiger partial charge in [0.05, 0.1) is 18.2 Å². The number of carbonyl (C=O) groups is 1. The van der Waals surface area contributed by atoms with E-state index in [4.69, 9.17) is 4.84 Å². The average Bonchev–Trinajstić information content (AvgIpc) is 3.08. The Morgan fingerprint density at radius 1 is 1.14 bits per heavy atom. The SMILES string of the molecule is CC(=O)N(Oc1cccnc1)c1ccc(-n2ccnc2)cc1. The topological polar surface area (TPSA) is 60.3 Å². The van der Waals surface area contributed by atoms with Crippen molar-refractivity contribution in [2.75, 3.05) is 5.06 Å². The molecule has 0 radical (unpaired) electrons. The molecule has 6 heteroatoms. The molecule has 0 unspecified atom stereocenters. The van der Waals surface area contributed by atoms with Crippen LogP contribution in [0, 0.1) is 0 Å². The zero-order valence-corrected chi connectivity index (χ0v) is 12.0. The highest BCUT2D eigenvalue weighted by Gasteiger charge is 2.14. The second-order valence-corrected chi connectivity index (χ2v) is 4.58. The molecule has 1 aromatic carbocycles. The predicted molar refractivity (Wildman–Crippen MR) is 81.6 cm³/mol. The molecule has 0 aliphatic heterocycles. The number of hydrogen-bond donors (Lipinski definition) is 0. The first-order valence-electron chi connectivity index (χ1n) is 6.71. The first-order valence-corrected chi connectivity index (χ1v) is 6.71. The lowest BCUT2D eigenvalue weighted by Crippen LogP contribution is -2.32.